The summed E-state index contributed by atoms with van der Waals surface area (Å²) < 4.78 is 5.37. The highest BCUT2D eigenvalue weighted by molar-refractivity contribution is 5.94. The summed E-state index contributed by atoms with van der Waals surface area (Å²) in [7, 11) is 1.54. The summed E-state index contributed by atoms with van der Waals surface area (Å²) in [5, 5.41) is 6.32. The topological polar surface area (TPSA) is 115 Å². The molecule has 0 saturated carbocycles. The lowest BCUT2D eigenvalue weighted by Crippen LogP contribution is -2.19. The zero-order chi connectivity index (χ0) is 21.0. The Bertz CT molecular complexity index is 1020. The van der Waals surface area contributed by atoms with Gasteiger partial charge in [0, 0.05) is 16.7 Å². The zero-order valence-corrected chi connectivity index (χ0v) is 16.9. The second-order valence-electron chi connectivity index (χ2n) is 7.45. The lowest BCUT2D eigenvalue weighted by Gasteiger charge is -2.19. The predicted molar refractivity (Wildman–Crippen MR) is 113 cm³/mol. The van der Waals surface area contributed by atoms with Crippen molar-refractivity contribution in [3.05, 3.63) is 59.9 Å². The van der Waals surface area contributed by atoms with Gasteiger partial charge in [-0.05, 0) is 30.3 Å². The summed E-state index contributed by atoms with van der Waals surface area (Å²) in [6.07, 6.45) is 0. The molecular formula is C21H24N6O2. The lowest BCUT2D eigenvalue weighted by molar-refractivity contribution is 0.100. The number of carbonyl (C=O) groups is 1. The molecule has 0 spiro atoms. The molecule has 8 heteroatoms. The largest absolute Gasteiger partial charge is 0.495 e. The van der Waals surface area contributed by atoms with Crippen molar-refractivity contribution in [2.24, 2.45) is 5.73 Å². The number of carbonyl (C=O) groups excluding carboxylic acids is 1. The summed E-state index contributed by atoms with van der Waals surface area (Å²) in [4.78, 5) is 25.1. The summed E-state index contributed by atoms with van der Waals surface area (Å²) in [6.45, 7) is 6.06. The molecule has 3 rings (SSSR count). The smallest absolute Gasteiger partial charge is 0.248 e. The second kappa shape index (κ2) is 8.14. The Morgan fingerprint density at radius 1 is 0.966 bits per heavy atom. The number of primary amides is 1. The number of benzene rings is 2. The standard InChI is InChI=1S/C21H24N6O2/c1-21(2,3)18-25-19(23-14-8-6-5-7-9-14)27-20(26-18)24-15-12-13(17(22)28)10-11-16(15)29-4/h5-12H,1-4H3,(H2,22,28)(H2,23,24,25,26,27). The molecule has 1 heterocycles. The van der Waals surface area contributed by atoms with Gasteiger partial charge < -0.3 is 21.1 Å². The number of amides is 1. The van der Waals surface area contributed by atoms with Gasteiger partial charge in [0.2, 0.25) is 17.8 Å². The minimum Gasteiger partial charge on any atom is -0.495 e. The van der Waals surface area contributed by atoms with Crippen molar-refractivity contribution in [2.75, 3.05) is 17.7 Å². The third-order valence-electron chi connectivity index (χ3n) is 4.07. The van der Waals surface area contributed by atoms with Crippen molar-refractivity contribution in [1.29, 1.82) is 0 Å². The van der Waals surface area contributed by atoms with Gasteiger partial charge in [-0.25, -0.2) is 0 Å². The van der Waals surface area contributed by atoms with Gasteiger partial charge in [0.25, 0.3) is 0 Å². The molecule has 0 radical (unpaired) electrons. The SMILES string of the molecule is COc1ccc(C(N)=O)cc1Nc1nc(Nc2ccccc2)nc(C(C)(C)C)n1. The molecule has 0 fully saturated rings. The molecule has 0 saturated heterocycles. The van der Waals surface area contributed by atoms with Crippen molar-refractivity contribution >= 4 is 29.2 Å². The van der Waals surface area contributed by atoms with Gasteiger partial charge in [-0.2, -0.15) is 15.0 Å². The number of hydrogen-bond acceptors (Lipinski definition) is 7. The van der Waals surface area contributed by atoms with Crippen LogP contribution in [0.4, 0.5) is 23.3 Å². The van der Waals surface area contributed by atoms with Gasteiger partial charge in [0.05, 0.1) is 12.8 Å². The molecule has 1 amide bonds. The molecule has 8 nitrogen and oxygen atoms in total. The van der Waals surface area contributed by atoms with Crippen molar-refractivity contribution in [3.63, 3.8) is 0 Å². The van der Waals surface area contributed by atoms with Crippen LogP contribution in [0.1, 0.15) is 37.0 Å². The normalized spacial score (nSPS) is 11.0. The van der Waals surface area contributed by atoms with Gasteiger partial charge >= 0.3 is 0 Å². The molecule has 2 aromatic carbocycles. The van der Waals surface area contributed by atoms with Crippen LogP contribution in [0.3, 0.4) is 0 Å². The van der Waals surface area contributed by atoms with E-state index in [4.69, 9.17) is 10.5 Å². The number of ether oxygens (including phenoxy) is 1. The van der Waals surface area contributed by atoms with Crippen molar-refractivity contribution in [2.45, 2.75) is 26.2 Å². The maximum atomic E-state index is 11.6. The summed E-state index contributed by atoms with van der Waals surface area (Å²) >= 11 is 0. The molecule has 0 atom stereocenters. The van der Waals surface area contributed by atoms with Crippen LogP contribution in [0.2, 0.25) is 0 Å². The van der Waals surface area contributed by atoms with E-state index in [1.54, 1.807) is 25.3 Å². The molecule has 0 aliphatic carbocycles. The minimum absolute atomic E-state index is 0.300. The average molecular weight is 392 g/mol. The van der Waals surface area contributed by atoms with Crippen LogP contribution < -0.4 is 21.1 Å². The predicted octanol–water partition coefficient (Wildman–Crippen LogP) is 3.76. The Kier molecular flexibility index (Phi) is 5.63. The van der Waals surface area contributed by atoms with Gasteiger partial charge in [-0.1, -0.05) is 39.0 Å². The Balaban J connectivity index is 2.01. The first-order valence-electron chi connectivity index (χ1n) is 9.10. The zero-order valence-electron chi connectivity index (χ0n) is 16.9. The van der Waals surface area contributed by atoms with E-state index >= 15 is 0 Å². The Morgan fingerprint density at radius 3 is 2.21 bits per heavy atom. The van der Waals surface area contributed by atoms with E-state index in [1.165, 1.54) is 0 Å². The number of para-hydroxylation sites is 1. The van der Waals surface area contributed by atoms with Gasteiger partial charge in [0.1, 0.15) is 11.6 Å². The number of anilines is 4. The molecule has 1 aromatic heterocycles. The number of rotatable bonds is 6. The first-order valence-corrected chi connectivity index (χ1v) is 9.10. The second-order valence-corrected chi connectivity index (χ2v) is 7.45. The molecular weight excluding hydrogens is 368 g/mol. The van der Waals surface area contributed by atoms with E-state index in [0.717, 1.165) is 5.69 Å². The minimum atomic E-state index is -0.534. The van der Waals surface area contributed by atoms with Crippen LogP contribution in [0.25, 0.3) is 0 Å². The highest BCUT2D eigenvalue weighted by atomic mass is 16.5. The molecule has 0 aliphatic heterocycles. The van der Waals surface area contributed by atoms with E-state index < -0.39 is 5.91 Å². The van der Waals surface area contributed by atoms with Crippen LogP contribution in [0.15, 0.2) is 48.5 Å². The van der Waals surface area contributed by atoms with Crippen LogP contribution in [-0.2, 0) is 5.41 Å². The maximum absolute atomic E-state index is 11.6. The fraction of sp³-hybridized carbons (Fsp3) is 0.238. The lowest BCUT2D eigenvalue weighted by atomic mass is 9.96. The Morgan fingerprint density at radius 2 is 1.62 bits per heavy atom. The number of methoxy groups -OCH3 is 1. The number of nitrogens with two attached hydrogens (primary N) is 1. The van der Waals surface area contributed by atoms with Crippen LogP contribution in [-0.4, -0.2) is 28.0 Å². The molecule has 0 unspecified atom stereocenters. The quantitative estimate of drug-likeness (QED) is 0.585. The summed E-state index contributed by atoms with van der Waals surface area (Å²) in [5.74, 6) is 1.34. The number of nitrogens with one attached hydrogen (secondary N) is 2. The summed E-state index contributed by atoms with van der Waals surface area (Å²) in [6, 6.07) is 14.5. The first kappa shape index (κ1) is 20.1. The fourth-order valence-corrected chi connectivity index (χ4v) is 2.55. The molecule has 29 heavy (non-hydrogen) atoms. The van der Waals surface area contributed by atoms with Gasteiger partial charge in [-0.15, -0.1) is 0 Å². The van der Waals surface area contributed by atoms with Gasteiger partial charge in [-0.3, -0.25) is 4.79 Å². The molecule has 0 bridgehead atoms. The Labute approximate surface area is 169 Å². The highest BCUT2D eigenvalue weighted by Gasteiger charge is 2.21. The third kappa shape index (κ3) is 4.98. The number of nitrogens with zero attached hydrogens (tertiary/aromatic N) is 3. The first-order chi connectivity index (χ1) is 13.8. The Hall–Kier alpha value is -3.68. The molecule has 4 N–H and O–H groups in total. The van der Waals surface area contributed by atoms with Crippen molar-refractivity contribution < 1.29 is 9.53 Å². The number of aromatic nitrogens is 3. The molecule has 3 aromatic rings. The van der Waals surface area contributed by atoms with E-state index in [0.29, 0.717) is 34.7 Å². The molecule has 150 valence electrons. The fourth-order valence-electron chi connectivity index (χ4n) is 2.55. The van der Waals surface area contributed by atoms with Crippen molar-refractivity contribution in [3.8, 4) is 5.75 Å². The van der Waals surface area contributed by atoms with Crippen molar-refractivity contribution in [1.82, 2.24) is 15.0 Å². The van der Waals surface area contributed by atoms with Gasteiger partial charge in [0.15, 0.2) is 0 Å². The monoisotopic (exact) mass is 392 g/mol. The highest BCUT2D eigenvalue weighted by Crippen LogP contribution is 2.29. The van der Waals surface area contributed by atoms with E-state index in [-0.39, 0.29) is 5.41 Å². The van der Waals surface area contributed by atoms with E-state index in [1.807, 2.05) is 51.1 Å². The van der Waals surface area contributed by atoms with Crippen LogP contribution in [0.5, 0.6) is 5.75 Å². The van der Waals surface area contributed by atoms with E-state index in [2.05, 4.69) is 25.6 Å². The molecule has 0 aliphatic rings. The number of hydrogen-bond donors (Lipinski definition) is 3. The average Bonchev–Trinajstić information content (AvgIpc) is 2.68. The van der Waals surface area contributed by atoms with E-state index in [9.17, 15) is 4.79 Å². The third-order valence-corrected chi connectivity index (χ3v) is 4.07. The summed E-state index contributed by atoms with van der Waals surface area (Å²) in [5.41, 5.74) is 6.84. The van der Waals surface area contributed by atoms with Crippen LogP contribution in [0, 0.1) is 0 Å². The van der Waals surface area contributed by atoms with Crippen LogP contribution >= 0.6 is 0 Å². The maximum Gasteiger partial charge on any atom is 0.248 e.